The zero-order valence-corrected chi connectivity index (χ0v) is 18.3. The quantitative estimate of drug-likeness (QED) is 0.813. The minimum absolute atomic E-state index is 0.230. The summed E-state index contributed by atoms with van der Waals surface area (Å²) in [5, 5.41) is 7.36. The second-order valence-electron chi connectivity index (χ2n) is 8.40. The number of hydrogen-bond donors (Lipinski definition) is 1. The number of benzene rings is 1. The molecule has 0 unspecified atom stereocenters. The molecular weight excluding hydrogens is 384 g/mol. The Hall–Kier alpha value is -3.03. The first-order chi connectivity index (χ1) is 14.2. The third-order valence-corrected chi connectivity index (χ3v) is 4.97. The molecule has 8 heteroatoms. The van der Waals surface area contributed by atoms with Gasteiger partial charge in [0.15, 0.2) is 5.69 Å². The monoisotopic (exact) mass is 414 g/mol. The number of aromatic nitrogens is 2. The van der Waals surface area contributed by atoms with Crippen LogP contribution in [0, 0.1) is 0 Å². The van der Waals surface area contributed by atoms with Crippen LogP contribution in [0.15, 0.2) is 24.3 Å². The molecule has 0 saturated carbocycles. The molecule has 0 aliphatic carbocycles. The highest BCUT2D eigenvalue weighted by Crippen LogP contribution is 2.24. The predicted molar refractivity (Wildman–Crippen MR) is 113 cm³/mol. The SMILES string of the molecule is COc1ccc(CCNC(=O)c2nn(C)c3c2CN(C(=O)OC(C)(C)C)CC3)cc1. The van der Waals surface area contributed by atoms with E-state index in [1.54, 1.807) is 16.7 Å². The summed E-state index contributed by atoms with van der Waals surface area (Å²) in [5.74, 6) is 0.573. The smallest absolute Gasteiger partial charge is 0.410 e. The average molecular weight is 415 g/mol. The first-order valence-electron chi connectivity index (χ1n) is 10.1. The van der Waals surface area contributed by atoms with Crippen molar-refractivity contribution in [1.29, 1.82) is 0 Å². The van der Waals surface area contributed by atoms with E-state index in [9.17, 15) is 9.59 Å². The van der Waals surface area contributed by atoms with Crippen LogP contribution in [0.25, 0.3) is 0 Å². The number of methoxy groups -OCH3 is 1. The maximum Gasteiger partial charge on any atom is 0.410 e. The summed E-state index contributed by atoms with van der Waals surface area (Å²) in [7, 11) is 3.46. The van der Waals surface area contributed by atoms with E-state index in [1.165, 1.54) is 0 Å². The van der Waals surface area contributed by atoms with Crippen LogP contribution in [0.1, 0.15) is 48.1 Å². The van der Waals surface area contributed by atoms with Crippen LogP contribution >= 0.6 is 0 Å². The number of fused-ring (bicyclic) bond motifs is 1. The van der Waals surface area contributed by atoms with Crippen LogP contribution in [0.3, 0.4) is 0 Å². The zero-order valence-electron chi connectivity index (χ0n) is 18.3. The van der Waals surface area contributed by atoms with E-state index in [4.69, 9.17) is 9.47 Å². The molecule has 3 rings (SSSR count). The Morgan fingerprint density at radius 1 is 1.20 bits per heavy atom. The molecule has 2 heterocycles. The maximum absolute atomic E-state index is 12.8. The number of carbonyl (C=O) groups is 2. The summed E-state index contributed by atoms with van der Waals surface area (Å²) in [4.78, 5) is 26.9. The van der Waals surface area contributed by atoms with Crippen LogP contribution in [-0.2, 0) is 31.2 Å². The number of rotatable bonds is 5. The van der Waals surface area contributed by atoms with Gasteiger partial charge in [-0.1, -0.05) is 12.1 Å². The molecule has 8 nitrogen and oxygen atoms in total. The topological polar surface area (TPSA) is 85.7 Å². The van der Waals surface area contributed by atoms with E-state index in [2.05, 4.69) is 10.4 Å². The summed E-state index contributed by atoms with van der Waals surface area (Å²) in [6.07, 6.45) is 0.967. The number of nitrogens with one attached hydrogen (secondary N) is 1. The molecule has 2 amide bonds. The van der Waals surface area contributed by atoms with Gasteiger partial charge < -0.3 is 19.7 Å². The number of hydrogen-bond acceptors (Lipinski definition) is 5. The fourth-order valence-electron chi connectivity index (χ4n) is 3.45. The normalized spacial score (nSPS) is 13.6. The van der Waals surface area contributed by atoms with Gasteiger partial charge in [-0.15, -0.1) is 0 Å². The van der Waals surface area contributed by atoms with Crippen LogP contribution in [0.4, 0.5) is 4.79 Å². The molecule has 2 aromatic rings. The highest BCUT2D eigenvalue weighted by atomic mass is 16.6. The lowest BCUT2D eigenvalue weighted by Crippen LogP contribution is -2.40. The molecule has 0 fully saturated rings. The zero-order chi connectivity index (χ0) is 21.9. The Morgan fingerprint density at radius 3 is 2.53 bits per heavy atom. The van der Waals surface area contributed by atoms with Crippen molar-refractivity contribution in [1.82, 2.24) is 20.0 Å². The van der Waals surface area contributed by atoms with Crippen molar-refractivity contribution in [2.75, 3.05) is 20.2 Å². The first kappa shape index (κ1) is 21.7. The molecule has 1 aromatic heterocycles. The highest BCUT2D eigenvalue weighted by molar-refractivity contribution is 5.94. The van der Waals surface area contributed by atoms with E-state index in [-0.39, 0.29) is 12.0 Å². The Kier molecular flexibility index (Phi) is 6.34. The number of nitrogens with zero attached hydrogens (tertiary/aromatic N) is 3. The van der Waals surface area contributed by atoms with Gasteiger partial charge in [0, 0.05) is 37.8 Å². The van der Waals surface area contributed by atoms with Gasteiger partial charge in [-0.25, -0.2) is 4.79 Å². The number of aryl methyl sites for hydroxylation is 1. The summed E-state index contributed by atoms with van der Waals surface area (Å²) >= 11 is 0. The minimum Gasteiger partial charge on any atom is -0.497 e. The third kappa shape index (κ3) is 5.11. The van der Waals surface area contributed by atoms with E-state index >= 15 is 0 Å². The molecule has 1 aliphatic rings. The van der Waals surface area contributed by atoms with Gasteiger partial charge >= 0.3 is 6.09 Å². The van der Waals surface area contributed by atoms with Crippen LogP contribution in [-0.4, -0.2) is 52.5 Å². The first-order valence-corrected chi connectivity index (χ1v) is 10.1. The molecule has 0 spiro atoms. The molecule has 30 heavy (non-hydrogen) atoms. The summed E-state index contributed by atoms with van der Waals surface area (Å²) in [5.41, 5.74) is 2.69. The Labute approximate surface area is 177 Å². The molecule has 0 saturated heterocycles. The van der Waals surface area contributed by atoms with Crippen molar-refractivity contribution in [3.63, 3.8) is 0 Å². The lowest BCUT2D eigenvalue weighted by molar-refractivity contribution is 0.0221. The summed E-state index contributed by atoms with van der Waals surface area (Å²) < 4.78 is 12.4. The van der Waals surface area contributed by atoms with Gasteiger partial charge in [0.1, 0.15) is 11.4 Å². The van der Waals surface area contributed by atoms with Gasteiger partial charge in [-0.3, -0.25) is 9.48 Å². The number of amides is 2. The molecule has 0 radical (unpaired) electrons. The van der Waals surface area contributed by atoms with Crippen LogP contribution in [0.2, 0.25) is 0 Å². The van der Waals surface area contributed by atoms with E-state index < -0.39 is 5.60 Å². The van der Waals surface area contributed by atoms with Crippen molar-refractivity contribution in [2.24, 2.45) is 7.05 Å². The highest BCUT2D eigenvalue weighted by Gasteiger charge is 2.31. The van der Waals surface area contributed by atoms with Crippen LogP contribution < -0.4 is 10.1 Å². The second-order valence-corrected chi connectivity index (χ2v) is 8.40. The van der Waals surface area contributed by atoms with Gasteiger partial charge in [-0.2, -0.15) is 5.10 Å². The molecule has 1 aromatic carbocycles. The van der Waals surface area contributed by atoms with Crippen molar-refractivity contribution in [3.8, 4) is 5.75 Å². The molecule has 0 atom stereocenters. The molecular formula is C22H30N4O4. The number of carbonyl (C=O) groups excluding carboxylic acids is 2. The van der Waals surface area contributed by atoms with E-state index in [0.29, 0.717) is 38.2 Å². The Bertz CT molecular complexity index is 912. The van der Waals surface area contributed by atoms with Gasteiger partial charge in [-0.05, 0) is 44.9 Å². The Balaban J connectivity index is 1.64. The standard InChI is InChI=1S/C22H30N4O4/c1-22(2,3)30-21(28)26-13-11-18-17(14-26)19(24-25(18)4)20(27)23-12-10-15-6-8-16(29-5)9-7-15/h6-9H,10-14H2,1-5H3,(H,23,27). The van der Waals surface area contributed by atoms with Gasteiger partial charge in [0.2, 0.25) is 0 Å². The fraction of sp³-hybridized carbons (Fsp3) is 0.500. The van der Waals surface area contributed by atoms with Gasteiger partial charge in [0.25, 0.3) is 5.91 Å². The van der Waals surface area contributed by atoms with Crippen molar-refractivity contribution in [2.45, 2.75) is 45.8 Å². The molecule has 1 aliphatic heterocycles. The molecule has 0 bridgehead atoms. The fourth-order valence-corrected chi connectivity index (χ4v) is 3.45. The number of ether oxygens (including phenoxy) is 2. The van der Waals surface area contributed by atoms with Crippen LogP contribution in [0.5, 0.6) is 5.75 Å². The van der Waals surface area contributed by atoms with Gasteiger partial charge in [0.05, 0.1) is 13.7 Å². The summed E-state index contributed by atoms with van der Waals surface area (Å²) in [6.45, 7) is 6.87. The van der Waals surface area contributed by atoms with E-state index in [1.807, 2.05) is 52.1 Å². The second kappa shape index (κ2) is 8.77. The minimum atomic E-state index is -0.562. The average Bonchev–Trinajstić information content (AvgIpc) is 3.03. The summed E-state index contributed by atoms with van der Waals surface area (Å²) in [6, 6.07) is 7.76. The molecule has 1 N–H and O–H groups in total. The van der Waals surface area contributed by atoms with E-state index in [0.717, 1.165) is 22.6 Å². The lowest BCUT2D eigenvalue weighted by atomic mass is 10.0. The predicted octanol–water partition coefficient (Wildman–Crippen LogP) is 2.69. The Morgan fingerprint density at radius 2 is 1.90 bits per heavy atom. The third-order valence-electron chi connectivity index (χ3n) is 4.97. The van der Waals surface area contributed by atoms with Crippen molar-refractivity contribution < 1.29 is 19.1 Å². The van der Waals surface area contributed by atoms with Crippen molar-refractivity contribution >= 4 is 12.0 Å². The molecule has 162 valence electrons. The maximum atomic E-state index is 12.8. The lowest BCUT2D eigenvalue weighted by Gasteiger charge is -2.30. The van der Waals surface area contributed by atoms with Crippen molar-refractivity contribution in [3.05, 3.63) is 46.8 Å². The largest absolute Gasteiger partial charge is 0.497 e.